The third-order valence-electron chi connectivity index (χ3n) is 3.29. The van der Waals surface area contributed by atoms with E-state index in [2.05, 4.69) is 4.72 Å². The van der Waals surface area contributed by atoms with Crippen molar-refractivity contribution < 1.29 is 27.8 Å². The van der Waals surface area contributed by atoms with E-state index in [9.17, 15) is 13.2 Å². The van der Waals surface area contributed by atoms with Crippen LogP contribution in [0.15, 0.2) is 47.4 Å². The molecule has 2 aromatic rings. The Morgan fingerprint density at radius 3 is 2.65 bits per heavy atom. The molecule has 0 aliphatic carbocycles. The molecule has 1 atom stereocenters. The second-order valence-electron chi connectivity index (χ2n) is 5.47. The van der Waals surface area contributed by atoms with Crippen LogP contribution in [0.25, 0.3) is 0 Å². The van der Waals surface area contributed by atoms with E-state index in [-0.39, 0.29) is 39.6 Å². The number of rotatable bonds is 8. The average Bonchev–Trinajstić information content (AvgIpc) is 2.56. The Balaban J connectivity index is 2.37. The van der Waals surface area contributed by atoms with E-state index in [1.165, 1.54) is 49.6 Å². The largest absolute Gasteiger partial charge is 0.487 e. The van der Waals surface area contributed by atoms with Gasteiger partial charge in [0.1, 0.15) is 16.7 Å². The van der Waals surface area contributed by atoms with Gasteiger partial charge in [-0.05, 0) is 43.3 Å². The van der Waals surface area contributed by atoms with E-state index >= 15 is 0 Å². The van der Waals surface area contributed by atoms with Crippen LogP contribution in [0.5, 0.6) is 5.75 Å². The summed E-state index contributed by atoms with van der Waals surface area (Å²) >= 11 is 5.94. The SMILES string of the molecule is COCC(C)Oc1ccc(Cl)cc1S(=O)(=O)Nc1cccc(C(=O)O)c1. The van der Waals surface area contributed by atoms with E-state index in [1.807, 2.05) is 0 Å². The van der Waals surface area contributed by atoms with Crippen LogP contribution in [0.4, 0.5) is 5.69 Å². The van der Waals surface area contributed by atoms with E-state index in [1.54, 1.807) is 6.92 Å². The minimum Gasteiger partial charge on any atom is -0.487 e. The van der Waals surface area contributed by atoms with Gasteiger partial charge in [0.15, 0.2) is 0 Å². The number of benzene rings is 2. The number of ether oxygens (including phenoxy) is 2. The Labute approximate surface area is 156 Å². The third kappa shape index (κ3) is 5.10. The Kier molecular flexibility index (Phi) is 6.47. The Hall–Kier alpha value is -2.29. The fourth-order valence-corrected chi connectivity index (χ4v) is 3.65. The summed E-state index contributed by atoms with van der Waals surface area (Å²) in [6.45, 7) is 2.01. The molecule has 0 fully saturated rings. The quantitative estimate of drug-likeness (QED) is 0.706. The fraction of sp³-hybridized carbons (Fsp3) is 0.235. The van der Waals surface area contributed by atoms with Crippen LogP contribution in [0.1, 0.15) is 17.3 Å². The molecular weight excluding hydrogens is 382 g/mol. The highest BCUT2D eigenvalue weighted by molar-refractivity contribution is 7.92. The predicted molar refractivity (Wildman–Crippen MR) is 97.6 cm³/mol. The van der Waals surface area contributed by atoms with Gasteiger partial charge in [-0.15, -0.1) is 0 Å². The van der Waals surface area contributed by atoms with E-state index in [0.29, 0.717) is 0 Å². The summed E-state index contributed by atoms with van der Waals surface area (Å²) < 4.78 is 38.5. The van der Waals surface area contributed by atoms with Crippen LogP contribution in [0.3, 0.4) is 0 Å². The van der Waals surface area contributed by atoms with Crippen LogP contribution < -0.4 is 9.46 Å². The van der Waals surface area contributed by atoms with Crippen molar-refractivity contribution in [2.45, 2.75) is 17.9 Å². The van der Waals surface area contributed by atoms with Gasteiger partial charge in [-0.3, -0.25) is 4.72 Å². The normalized spacial score (nSPS) is 12.4. The molecular formula is C17H18ClNO6S. The molecule has 9 heteroatoms. The highest BCUT2D eigenvalue weighted by Crippen LogP contribution is 2.30. The average molecular weight is 400 g/mol. The van der Waals surface area contributed by atoms with Crippen molar-refractivity contribution in [3.63, 3.8) is 0 Å². The molecule has 0 amide bonds. The van der Waals surface area contributed by atoms with Crippen molar-refractivity contribution in [2.24, 2.45) is 0 Å². The summed E-state index contributed by atoms with van der Waals surface area (Å²) in [7, 11) is -2.55. The highest BCUT2D eigenvalue weighted by atomic mass is 35.5. The van der Waals surface area contributed by atoms with Gasteiger partial charge in [0.05, 0.1) is 12.2 Å². The van der Waals surface area contributed by atoms with Crippen LogP contribution >= 0.6 is 11.6 Å². The highest BCUT2D eigenvalue weighted by Gasteiger charge is 2.22. The summed E-state index contributed by atoms with van der Waals surface area (Å²) in [5, 5.41) is 9.25. The lowest BCUT2D eigenvalue weighted by Crippen LogP contribution is -2.21. The minimum absolute atomic E-state index is 0.0403. The Bertz CT molecular complexity index is 900. The lowest BCUT2D eigenvalue weighted by Gasteiger charge is -2.18. The van der Waals surface area contributed by atoms with Gasteiger partial charge in [-0.1, -0.05) is 17.7 Å². The number of methoxy groups -OCH3 is 1. The first-order valence-electron chi connectivity index (χ1n) is 7.54. The molecule has 1 unspecified atom stereocenters. The van der Waals surface area contributed by atoms with Gasteiger partial charge in [0, 0.05) is 17.8 Å². The molecule has 0 aromatic heterocycles. The maximum Gasteiger partial charge on any atom is 0.335 e. The molecule has 0 bridgehead atoms. The van der Waals surface area contributed by atoms with Gasteiger partial charge in [0.25, 0.3) is 10.0 Å². The molecule has 2 aromatic carbocycles. The number of hydrogen-bond acceptors (Lipinski definition) is 5. The van der Waals surface area contributed by atoms with Crippen molar-refractivity contribution >= 4 is 33.3 Å². The Morgan fingerprint density at radius 2 is 2.00 bits per heavy atom. The molecule has 2 rings (SSSR count). The van der Waals surface area contributed by atoms with Crippen molar-refractivity contribution in [3.8, 4) is 5.75 Å². The molecule has 0 heterocycles. The number of carboxylic acid groups (broad SMARTS) is 1. The lowest BCUT2D eigenvalue weighted by atomic mass is 10.2. The molecule has 0 spiro atoms. The van der Waals surface area contributed by atoms with Gasteiger partial charge in [0.2, 0.25) is 0 Å². The molecule has 0 saturated carbocycles. The summed E-state index contributed by atoms with van der Waals surface area (Å²) in [5.41, 5.74) is 0.0715. The number of aromatic carboxylic acids is 1. The Morgan fingerprint density at radius 1 is 1.27 bits per heavy atom. The molecule has 7 nitrogen and oxygen atoms in total. The second kappa shape index (κ2) is 8.39. The van der Waals surface area contributed by atoms with E-state index in [4.69, 9.17) is 26.2 Å². The number of carboxylic acids is 1. The van der Waals surface area contributed by atoms with Crippen LogP contribution in [0, 0.1) is 0 Å². The summed E-state index contributed by atoms with van der Waals surface area (Å²) in [5.74, 6) is -1.05. The lowest BCUT2D eigenvalue weighted by molar-refractivity contribution is 0.0697. The van der Waals surface area contributed by atoms with Crippen molar-refractivity contribution in [2.75, 3.05) is 18.4 Å². The molecule has 0 radical (unpaired) electrons. The zero-order chi connectivity index (χ0) is 19.3. The number of anilines is 1. The molecule has 140 valence electrons. The number of halogens is 1. The topological polar surface area (TPSA) is 102 Å². The molecule has 0 saturated heterocycles. The van der Waals surface area contributed by atoms with Crippen LogP contribution in [-0.2, 0) is 14.8 Å². The first-order valence-corrected chi connectivity index (χ1v) is 9.40. The second-order valence-corrected chi connectivity index (χ2v) is 7.55. The maximum atomic E-state index is 12.8. The summed E-state index contributed by atoms with van der Waals surface area (Å²) in [4.78, 5) is 10.9. The molecule has 0 aliphatic rings. The van der Waals surface area contributed by atoms with Crippen molar-refractivity contribution in [1.82, 2.24) is 0 Å². The zero-order valence-electron chi connectivity index (χ0n) is 14.1. The molecule has 26 heavy (non-hydrogen) atoms. The summed E-state index contributed by atoms with van der Waals surface area (Å²) in [6, 6.07) is 9.70. The third-order valence-corrected chi connectivity index (χ3v) is 4.92. The first kappa shape index (κ1) is 20.0. The monoisotopic (exact) mass is 399 g/mol. The van der Waals surface area contributed by atoms with Crippen molar-refractivity contribution in [1.29, 1.82) is 0 Å². The van der Waals surface area contributed by atoms with Gasteiger partial charge < -0.3 is 14.6 Å². The van der Waals surface area contributed by atoms with E-state index in [0.717, 1.165) is 0 Å². The van der Waals surface area contributed by atoms with Crippen LogP contribution in [-0.4, -0.2) is 39.3 Å². The summed E-state index contributed by atoms with van der Waals surface area (Å²) in [6.07, 6.45) is -0.384. The van der Waals surface area contributed by atoms with Gasteiger partial charge in [-0.25, -0.2) is 13.2 Å². The van der Waals surface area contributed by atoms with E-state index < -0.39 is 16.0 Å². The number of nitrogens with one attached hydrogen (secondary N) is 1. The zero-order valence-corrected chi connectivity index (χ0v) is 15.7. The first-order chi connectivity index (χ1) is 12.2. The minimum atomic E-state index is -4.06. The van der Waals surface area contributed by atoms with Gasteiger partial charge >= 0.3 is 5.97 Å². The number of sulfonamides is 1. The van der Waals surface area contributed by atoms with Gasteiger partial charge in [-0.2, -0.15) is 0 Å². The number of carbonyl (C=O) groups is 1. The smallest absolute Gasteiger partial charge is 0.335 e. The standard InChI is InChI=1S/C17H18ClNO6S/c1-11(10-24-2)25-15-7-6-13(18)9-16(15)26(22,23)19-14-5-3-4-12(8-14)17(20)21/h3-9,11,19H,10H2,1-2H3,(H,20,21). The molecule has 0 aliphatic heterocycles. The van der Waals surface area contributed by atoms with Crippen LogP contribution in [0.2, 0.25) is 5.02 Å². The fourth-order valence-electron chi connectivity index (χ4n) is 2.20. The number of hydrogen-bond donors (Lipinski definition) is 2. The predicted octanol–water partition coefficient (Wildman–Crippen LogP) is 3.25. The van der Waals surface area contributed by atoms with Crippen molar-refractivity contribution in [3.05, 3.63) is 53.1 Å². The molecule has 2 N–H and O–H groups in total. The maximum absolute atomic E-state index is 12.8.